The van der Waals surface area contributed by atoms with Crippen LogP contribution in [-0.2, 0) is 14.4 Å². The number of methoxy groups -OCH3 is 1. The Morgan fingerprint density at radius 2 is 2.26 bits per heavy atom. The maximum Gasteiger partial charge on any atom is 0.235 e. The molecule has 2 fully saturated rings. The first-order valence-corrected chi connectivity index (χ1v) is 8.40. The van der Waals surface area contributed by atoms with Crippen LogP contribution in [0.3, 0.4) is 0 Å². The lowest BCUT2D eigenvalue weighted by Crippen LogP contribution is -2.37. The monoisotopic (exact) mass is 334 g/mol. The summed E-state index contributed by atoms with van der Waals surface area (Å²) in [7, 11) is 1.60. The number of thioether (sulfide) groups is 1. The molecule has 0 aliphatic carbocycles. The van der Waals surface area contributed by atoms with Gasteiger partial charge < -0.3 is 9.64 Å². The highest BCUT2D eigenvalue weighted by Gasteiger charge is 2.51. The van der Waals surface area contributed by atoms with Gasteiger partial charge in [0.2, 0.25) is 17.7 Å². The van der Waals surface area contributed by atoms with Crippen molar-refractivity contribution in [1.29, 1.82) is 0 Å². The third kappa shape index (κ3) is 3.19. The first kappa shape index (κ1) is 15.9. The van der Waals surface area contributed by atoms with E-state index in [1.54, 1.807) is 12.0 Å². The van der Waals surface area contributed by atoms with E-state index in [9.17, 15) is 14.4 Å². The molecule has 0 unspecified atom stereocenters. The molecule has 1 N–H and O–H groups in total. The Morgan fingerprint density at radius 3 is 2.96 bits per heavy atom. The Morgan fingerprint density at radius 1 is 1.43 bits per heavy atom. The molecule has 2 aliphatic rings. The summed E-state index contributed by atoms with van der Waals surface area (Å²) in [5.74, 6) is 0.567. The van der Waals surface area contributed by atoms with Crippen molar-refractivity contribution in [2.45, 2.75) is 17.7 Å². The van der Waals surface area contributed by atoms with Crippen molar-refractivity contribution in [3.63, 3.8) is 0 Å². The number of carbonyl (C=O) groups is 3. The van der Waals surface area contributed by atoms with Gasteiger partial charge in [-0.3, -0.25) is 19.7 Å². The Kier molecular flexibility index (Phi) is 4.30. The quantitative estimate of drug-likeness (QED) is 0.658. The molecule has 2 heterocycles. The number of nitrogens with zero attached hydrogens (tertiary/aromatic N) is 1. The second-order valence-corrected chi connectivity index (χ2v) is 6.92. The SMILES string of the molecule is COc1cccc(SCC(=O)N2CC[C@]3(CC(=O)NC3=O)C2)c1. The molecule has 2 saturated heterocycles. The second kappa shape index (κ2) is 6.23. The minimum Gasteiger partial charge on any atom is -0.497 e. The van der Waals surface area contributed by atoms with Crippen molar-refractivity contribution < 1.29 is 19.1 Å². The van der Waals surface area contributed by atoms with Gasteiger partial charge >= 0.3 is 0 Å². The van der Waals surface area contributed by atoms with Gasteiger partial charge in [-0.2, -0.15) is 0 Å². The molecule has 0 aromatic heterocycles. The summed E-state index contributed by atoms with van der Waals surface area (Å²) in [5.41, 5.74) is -0.701. The van der Waals surface area contributed by atoms with Crippen LogP contribution < -0.4 is 10.1 Å². The molecular weight excluding hydrogens is 316 g/mol. The third-order valence-corrected chi connectivity index (χ3v) is 5.32. The lowest BCUT2D eigenvalue weighted by molar-refractivity contribution is -0.129. The lowest BCUT2D eigenvalue weighted by atomic mass is 9.85. The standard InChI is InChI=1S/C16H18N2O4S/c1-22-11-3-2-4-12(7-11)23-9-14(20)18-6-5-16(10-18)8-13(19)17-15(16)21/h2-4,7H,5-6,8-10H2,1H3,(H,17,19,21)/t16-/m0/s1. The number of hydrogen-bond donors (Lipinski definition) is 1. The Hall–Kier alpha value is -2.02. The maximum atomic E-state index is 12.4. The van der Waals surface area contributed by atoms with Crippen LogP contribution in [0.25, 0.3) is 0 Å². The summed E-state index contributed by atoms with van der Waals surface area (Å²) < 4.78 is 5.16. The number of amides is 3. The molecule has 0 radical (unpaired) electrons. The zero-order valence-electron chi connectivity index (χ0n) is 12.8. The number of likely N-dealkylation sites (tertiary alicyclic amines) is 1. The smallest absolute Gasteiger partial charge is 0.235 e. The van der Waals surface area contributed by atoms with E-state index in [-0.39, 0.29) is 24.1 Å². The van der Waals surface area contributed by atoms with Gasteiger partial charge in [-0.25, -0.2) is 0 Å². The number of nitrogens with one attached hydrogen (secondary N) is 1. The second-order valence-electron chi connectivity index (χ2n) is 5.87. The van der Waals surface area contributed by atoms with Gasteiger partial charge in [0.25, 0.3) is 0 Å². The molecule has 0 saturated carbocycles. The van der Waals surface area contributed by atoms with Gasteiger partial charge in [-0.05, 0) is 24.6 Å². The van der Waals surface area contributed by atoms with Gasteiger partial charge in [0.15, 0.2) is 0 Å². The number of hydrogen-bond acceptors (Lipinski definition) is 5. The van der Waals surface area contributed by atoms with Gasteiger partial charge in [0.1, 0.15) is 5.75 Å². The van der Waals surface area contributed by atoms with E-state index in [1.165, 1.54) is 11.8 Å². The predicted octanol–water partition coefficient (Wildman–Crippen LogP) is 1.05. The van der Waals surface area contributed by atoms with Crippen LogP contribution in [0.1, 0.15) is 12.8 Å². The first-order valence-electron chi connectivity index (χ1n) is 7.41. The topological polar surface area (TPSA) is 75.7 Å². The van der Waals surface area contributed by atoms with E-state index in [2.05, 4.69) is 5.32 Å². The molecular formula is C16H18N2O4S. The summed E-state index contributed by atoms with van der Waals surface area (Å²) in [5, 5.41) is 2.34. The Labute approximate surface area is 138 Å². The van der Waals surface area contributed by atoms with Crippen molar-refractivity contribution in [3.05, 3.63) is 24.3 Å². The Balaban J connectivity index is 1.57. The molecule has 1 aromatic carbocycles. The minimum atomic E-state index is -0.701. The highest BCUT2D eigenvalue weighted by atomic mass is 32.2. The van der Waals surface area contributed by atoms with Crippen LogP contribution in [-0.4, -0.2) is 48.6 Å². The minimum absolute atomic E-state index is 0.0122. The molecule has 23 heavy (non-hydrogen) atoms. The molecule has 1 spiro atoms. The number of benzene rings is 1. The van der Waals surface area contributed by atoms with Crippen molar-refractivity contribution in [2.24, 2.45) is 5.41 Å². The van der Waals surface area contributed by atoms with E-state index in [0.29, 0.717) is 25.3 Å². The lowest BCUT2D eigenvalue weighted by Gasteiger charge is -2.20. The third-order valence-electron chi connectivity index (χ3n) is 4.34. The molecule has 1 aromatic rings. The Bertz CT molecular complexity index is 663. The van der Waals surface area contributed by atoms with Crippen LogP contribution >= 0.6 is 11.8 Å². The van der Waals surface area contributed by atoms with Crippen LogP contribution in [0.2, 0.25) is 0 Å². The highest BCUT2D eigenvalue weighted by Crippen LogP contribution is 2.38. The summed E-state index contributed by atoms with van der Waals surface area (Å²) in [6.45, 7) is 0.861. The summed E-state index contributed by atoms with van der Waals surface area (Å²) >= 11 is 1.44. The van der Waals surface area contributed by atoms with E-state index in [0.717, 1.165) is 10.6 Å². The van der Waals surface area contributed by atoms with Crippen molar-refractivity contribution in [3.8, 4) is 5.75 Å². The number of carbonyl (C=O) groups excluding carboxylic acids is 3. The number of ether oxygens (including phenoxy) is 1. The molecule has 0 bridgehead atoms. The fraction of sp³-hybridized carbons (Fsp3) is 0.438. The maximum absolute atomic E-state index is 12.4. The van der Waals surface area contributed by atoms with Crippen LogP contribution in [0.4, 0.5) is 0 Å². The zero-order valence-corrected chi connectivity index (χ0v) is 13.6. The summed E-state index contributed by atoms with van der Waals surface area (Å²) in [4.78, 5) is 38.4. The average molecular weight is 334 g/mol. The first-order chi connectivity index (χ1) is 11.0. The van der Waals surface area contributed by atoms with E-state index >= 15 is 0 Å². The molecule has 1 atom stereocenters. The van der Waals surface area contributed by atoms with E-state index < -0.39 is 5.41 Å². The molecule has 122 valence electrons. The molecule has 2 aliphatic heterocycles. The van der Waals surface area contributed by atoms with Crippen molar-refractivity contribution >= 4 is 29.5 Å². The van der Waals surface area contributed by atoms with Gasteiger partial charge in [-0.1, -0.05) is 6.07 Å². The van der Waals surface area contributed by atoms with Gasteiger partial charge in [0, 0.05) is 24.4 Å². The van der Waals surface area contributed by atoms with Crippen LogP contribution in [0.5, 0.6) is 5.75 Å². The average Bonchev–Trinajstić information content (AvgIpc) is 3.09. The normalized spacial score (nSPS) is 23.4. The van der Waals surface area contributed by atoms with E-state index in [4.69, 9.17) is 4.74 Å². The molecule has 6 nitrogen and oxygen atoms in total. The molecule has 3 rings (SSSR count). The highest BCUT2D eigenvalue weighted by molar-refractivity contribution is 8.00. The van der Waals surface area contributed by atoms with Crippen LogP contribution in [0, 0.1) is 5.41 Å². The fourth-order valence-electron chi connectivity index (χ4n) is 3.03. The van der Waals surface area contributed by atoms with Gasteiger partial charge in [0.05, 0.1) is 18.3 Å². The number of rotatable bonds is 4. The fourth-order valence-corrected chi connectivity index (χ4v) is 3.88. The van der Waals surface area contributed by atoms with Gasteiger partial charge in [-0.15, -0.1) is 11.8 Å². The van der Waals surface area contributed by atoms with Crippen molar-refractivity contribution in [2.75, 3.05) is 26.0 Å². The number of imide groups is 1. The van der Waals surface area contributed by atoms with Crippen LogP contribution in [0.15, 0.2) is 29.2 Å². The molecule has 7 heteroatoms. The zero-order chi connectivity index (χ0) is 16.4. The largest absolute Gasteiger partial charge is 0.497 e. The molecule has 3 amide bonds. The summed E-state index contributed by atoms with van der Waals surface area (Å²) in [6, 6.07) is 7.54. The predicted molar refractivity (Wildman–Crippen MR) is 85.1 cm³/mol. The van der Waals surface area contributed by atoms with E-state index in [1.807, 2.05) is 24.3 Å². The van der Waals surface area contributed by atoms with Crippen molar-refractivity contribution in [1.82, 2.24) is 10.2 Å². The summed E-state index contributed by atoms with van der Waals surface area (Å²) in [6.07, 6.45) is 0.749.